The number of benzene rings is 1. The second-order valence-electron chi connectivity index (χ2n) is 5.22. The van der Waals surface area contributed by atoms with Crippen LogP contribution in [0.5, 0.6) is 0 Å². The molecule has 0 aliphatic rings. The molecule has 6 heteroatoms. The minimum Gasteiger partial charge on any atom is -0.462 e. The number of amides is 2. The molecule has 1 aromatic carbocycles. The summed E-state index contributed by atoms with van der Waals surface area (Å²) in [6, 6.07) is 11.2. The maximum atomic E-state index is 12.1. The maximum absolute atomic E-state index is 12.1. The molecular weight excluding hydrogens is 324 g/mol. The monoisotopic (exact) mass is 344 g/mol. The van der Waals surface area contributed by atoms with Crippen molar-refractivity contribution >= 4 is 35.3 Å². The number of furan rings is 1. The molecule has 0 saturated carbocycles. The van der Waals surface area contributed by atoms with Gasteiger partial charge in [0.15, 0.2) is 0 Å². The first-order chi connectivity index (χ1) is 11.5. The molecule has 0 radical (unpaired) electrons. The molecule has 2 aromatic rings. The molecule has 24 heavy (non-hydrogen) atoms. The van der Waals surface area contributed by atoms with Crippen molar-refractivity contribution in [1.29, 1.82) is 0 Å². The van der Waals surface area contributed by atoms with Crippen molar-refractivity contribution in [2.75, 3.05) is 25.2 Å². The largest absolute Gasteiger partial charge is 0.462 e. The van der Waals surface area contributed by atoms with Gasteiger partial charge in [0.1, 0.15) is 11.5 Å². The van der Waals surface area contributed by atoms with Crippen molar-refractivity contribution in [2.24, 2.45) is 0 Å². The summed E-state index contributed by atoms with van der Waals surface area (Å²) in [5.74, 6) is 0.877. The highest BCUT2D eigenvalue weighted by molar-refractivity contribution is 7.98. The highest BCUT2D eigenvalue weighted by Gasteiger charge is 2.12. The fourth-order valence-corrected chi connectivity index (χ4v) is 2.61. The first kappa shape index (κ1) is 17.9. The molecule has 0 fully saturated rings. The summed E-state index contributed by atoms with van der Waals surface area (Å²) in [5, 5.41) is 2.83. The summed E-state index contributed by atoms with van der Waals surface area (Å²) in [6.07, 6.45) is 4.93. The average molecular weight is 344 g/mol. The number of carbonyl (C=O) groups excluding carboxylic acids is 2. The van der Waals surface area contributed by atoms with Gasteiger partial charge in [-0.2, -0.15) is 0 Å². The molecule has 0 unspecified atom stereocenters. The van der Waals surface area contributed by atoms with Crippen LogP contribution in [-0.4, -0.2) is 36.6 Å². The Balaban J connectivity index is 1.91. The van der Waals surface area contributed by atoms with E-state index in [1.54, 1.807) is 31.0 Å². The lowest BCUT2D eigenvalue weighted by Gasteiger charge is -2.15. The molecule has 0 atom stereocenters. The van der Waals surface area contributed by atoms with E-state index in [0.29, 0.717) is 5.76 Å². The molecule has 1 N–H and O–H groups in total. The van der Waals surface area contributed by atoms with Gasteiger partial charge >= 0.3 is 0 Å². The second kappa shape index (κ2) is 8.40. The van der Waals surface area contributed by atoms with Gasteiger partial charge in [-0.15, -0.1) is 11.8 Å². The number of aryl methyl sites for hydroxylation is 1. The number of nitrogens with zero attached hydrogens (tertiary/aromatic N) is 1. The summed E-state index contributed by atoms with van der Waals surface area (Å²) in [6.45, 7) is 1.81. The molecule has 0 spiro atoms. The third-order valence-electron chi connectivity index (χ3n) is 3.29. The Morgan fingerprint density at radius 2 is 2.00 bits per heavy atom. The number of hydrogen-bond acceptors (Lipinski definition) is 4. The molecule has 5 nitrogen and oxygen atoms in total. The van der Waals surface area contributed by atoms with Gasteiger partial charge in [-0.3, -0.25) is 9.59 Å². The zero-order valence-electron chi connectivity index (χ0n) is 13.9. The highest BCUT2D eigenvalue weighted by atomic mass is 32.2. The van der Waals surface area contributed by atoms with Crippen LogP contribution in [0.2, 0.25) is 0 Å². The lowest BCUT2D eigenvalue weighted by Crippen LogP contribution is -2.33. The third-order valence-corrected chi connectivity index (χ3v) is 4.09. The molecule has 0 aliphatic heterocycles. The van der Waals surface area contributed by atoms with Gasteiger partial charge in [-0.25, -0.2) is 0 Å². The number of anilines is 1. The third kappa shape index (κ3) is 5.03. The average Bonchev–Trinajstić information content (AvgIpc) is 2.98. The number of rotatable bonds is 6. The quantitative estimate of drug-likeness (QED) is 0.644. The summed E-state index contributed by atoms with van der Waals surface area (Å²) < 4.78 is 5.36. The molecule has 2 amide bonds. The van der Waals surface area contributed by atoms with Gasteiger partial charge in [0.05, 0.1) is 12.2 Å². The van der Waals surface area contributed by atoms with Crippen LogP contribution >= 0.6 is 11.8 Å². The summed E-state index contributed by atoms with van der Waals surface area (Å²) >= 11 is 1.55. The Kier molecular flexibility index (Phi) is 6.26. The molecule has 0 saturated heterocycles. The van der Waals surface area contributed by atoms with E-state index >= 15 is 0 Å². The zero-order valence-corrected chi connectivity index (χ0v) is 14.7. The van der Waals surface area contributed by atoms with Crippen molar-refractivity contribution < 1.29 is 14.0 Å². The first-order valence-electron chi connectivity index (χ1n) is 7.42. The summed E-state index contributed by atoms with van der Waals surface area (Å²) in [7, 11) is 1.58. The van der Waals surface area contributed by atoms with E-state index in [-0.39, 0.29) is 18.4 Å². The van der Waals surface area contributed by atoms with Crippen LogP contribution in [0.1, 0.15) is 11.5 Å². The van der Waals surface area contributed by atoms with Crippen LogP contribution in [0.4, 0.5) is 5.69 Å². The normalized spacial score (nSPS) is 10.8. The minimum absolute atomic E-state index is 0.0247. The zero-order chi connectivity index (χ0) is 17.5. The Labute approximate surface area is 145 Å². The standard InChI is InChI=1S/C18H20N2O3S/c1-13-8-9-14(23-13)10-11-18(22)20(2)12-17(21)19-15-6-4-5-7-16(15)24-3/h4-11H,12H2,1-3H3,(H,19,21)/b11-10+. The van der Waals surface area contributed by atoms with Crippen molar-refractivity contribution in [3.05, 3.63) is 54.0 Å². The van der Waals surface area contributed by atoms with E-state index in [2.05, 4.69) is 5.32 Å². The van der Waals surface area contributed by atoms with Crippen molar-refractivity contribution in [1.82, 2.24) is 4.90 Å². The molecule has 1 heterocycles. The van der Waals surface area contributed by atoms with Crippen molar-refractivity contribution in [2.45, 2.75) is 11.8 Å². The van der Waals surface area contributed by atoms with E-state index < -0.39 is 0 Å². The van der Waals surface area contributed by atoms with Crippen LogP contribution < -0.4 is 5.32 Å². The van der Waals surface area contributed by atoms with Gasteiger partial charge in [-0.05, 0) is 43.5 Å². The number of hydrogen-bond donors (Lipinski definition) is 1. The fraction of sp³-hybridized carbons (Fsp3) is 0.222. The Hall–Kier alpha value is -2.47. The first-order valence-corrected chi connectivity index (χ1v) is 8.64. The van der Waals surface area contributed by atoms with Crippen molar-refractivity contribution in [3.63, 3.8) is 0 Å². The SMILES string of the molecule is CSc1ccccc1NC(=O)CN(C)C(=O)/C=C/c1ccc(C)o1. The van der Waals surface area contributed by atoms with E-state index in [4.69, 9.17) is 4.42 Å². The number of nitrogens with one attached hydrogen (secondary N) is 1. The fourth-order valence-electron chi connectivity index (χ4n) is 2.05. The Bertz CT molecular complexity index is 752. The van der Waals surface area contributed by atoms with Crippen molar-refractivity contribution in [3.8, 4) is 0 Å². The van der Waals surface area contributed by atoms with Gasteiger partial charge in [0, 0.05) is 18.0 Å². The lowest BCUT2D eigenvalue weighted by molar-refractivity contribution is -0.129. The van der Waals surface area contributed by atoms with Crippen LogP contribution in [-0.2, 0) is 9.59 Å². The topological polar surface area (TPSA) is 62.6 Å². The number of para-hydroxylation sites is 1. The van der Waals surface area contributed by atoms with Gasteiger partial charge in [-0.1, -0.05) is 12.1 Å². The van der Waals surface area contributed by atoms with E-state index in [0.717, 1.165) is 16.3 Å². The van der Waals surface area contributed by atoms with E-state index in [9.17, 15) is 9.59 Å². The molecule has 1 aromatic heterocycles. The Morgan fingerprint density at radius 1 is 1.25 bits per heavy atom. The maximum Gasteiger partial charge on any atom is 0.246 e. The second-order valence-corrected chi connectivity index (χ2v) is 6.07. The molecular formula is C18H20N2O3S. The predicted molar refractivity (Wildman–Crippen MR) is 97.0 cm³/mol. The van der Waals surface area contributed by atoms with Gasteiger partial charge in [0.25, 0.3) is 0 Å². The molecule has 0 bridgehead atoms. The number of carbonyl (C=O) groups is 2. The summed E-state index contributed by atoms with van der Waals surface area (Å²) in [5.41, 5.74) is 0.748. The predicted octanol–water partition coefficient (Wildman–Crippen LogP) is 3.42. The smallest absolute Gasteiger partial charge is 0.246 e. The lowest BCUT2D eigenvalue weighted by atomic mass is 10.3. The molecule has 2 rings (SSSR count). The van der Waals surface area contributed by atoms with Crippen LogP contribution in [0.15, 0.2) is 51.8 Å². The molecule has 126 valence electrons. The van der Waals surface area contributed by atoms with Crippen LogP contribution in [0.25, 0.3) is 6.08 Å². The Morgan fingerprint density at radius 3 is 2.67 bits per heavy atom. The van der Waals surface area contributed by atoms with E-state index in [1.165, 1.54) is 11.0 Å². The minimum atomic E-state index is -0.266. The molecule has 0 aliphatic carbocycles. The number of thioether (sulfide) groups is 1. The van der Waals surface area contributed by atoms with Crippen LogP contribution in [0, 0.1) is 6.92 Å². The highest BCUT2D eigenvalue weighted by Crippen LogP contribution is 2.24. The van der Waals surface area contributed by atoms with Gasteiger partial charge in [0.2, 0.25) is 11.8 Å². The number of likely N-dealkylation sites (N-methyl/N-ethyl adjacent to an activating group) is 1. The van der Waals surface area contributed by atoms with E-state index in [1.807, 2.05) is 43.5 Å². The van der Waals surface area contributed by atoms with Crippen LogP contribution in [0.3, 0.4) is 0 Å². The van der Waals surface area contributed by atoms with Gasteiger partial charge < -0.3 is 14.6 Å². The summed E-state index contributed by atoms with van der Waals surface area (Å²) in [4.78, 5) is 26.5.